The second-order valence-electron chi connectivity index (χ2n) is 7.68. The highest BCUT2D eigenvalue weighted by Crippen LogP contribution is 2.28. The van der Waals surface area contributed by atoms with E-state index in [4.69, 9.17) is 16.3 Å². The fourth-order valence-electron chi connectivity index (χ4n) is 3.72. The highest BCUT2D eigenvalue weighted by atomic mass is 35.5. The van der Waals surface area contributed by atoms with Crippen LogP contribution in [0.15, 0.2) is 24.4 Å². The Morgan fingerprint density at radius 2 is 2.14 bits per heavy atom. The molecule has 2 fully saturated rings. The van der Waals surface area contributed by atoms with Crippen molar-refractivity contribution in [2.45, 2.75) is 44.8 Å². The fourth-order valence-corrected chi connectivity index (χ4v) is 3.95. The molecule has 150 valence electrons. The van der Waals surface area contributed by atoms with Crippen LogP contribution in [-0.2, 0) is 11.3 Å². The molecule has 1 unspecified atom stereocenters. The van der Waals surface area contributed by atoms with Crippen LogP contribution in [0, 0.1) is 11.7 Å². The molecule has 0 spiro atoms. The Morgan fingerprint density at radius 3 is 2.82 bits per heavy atom. The van der Waals surface area contributed by atoms with Crippen molar-refractivity contribution in [2.24, 2.45) is 5.92 Å². The van der Waals surface area contributed by atoms with Gasteiger partial charge in [-0.2, -0.15) is 0 Å². The third-order valence-corrected chi connectivity index (χ3v) is 5.90. The molecule has 1 aliphatic carbocycles. The Labute approximate surface area is 168 Å². The molecule has 1 saturated carbocycles. The average molecular weight is 407 g/mol. The van der Waals surface area contributed by atoms with Crippen LogP contribution in [0.3, 0.4) is 0 Å². The monoisotopic (exact) mass is 406 g/mol. The predicted octanol–water partition coefficient (Wildman–Crippen LogP) is 3.54. The average Bonchev–Trinajstić information content (AvgIpc) is 3.31. The van der Waals surface area contributed by atoms with Gasteiger partial charge in [0.25, 0.3) is 5.91 Å². The molecule has 0 N–H and O–H groups in total. The molecule has 2 aliphatic rings. The zero-order valence-corrected chi connectivity index (χ0v) is 16.4. The van der Waals surface area contributed by atoms with Crippen LogP contribution in [0.4, 0.5) is 4.39 Å². The zero-order chi connectivity index (χ0) is 19.5. The summed E-state index contributed by atoms with van der Waals surface area (Å²) in [5, 5.41) is 8.46. The molecule has 2 aromatic rings. The van der Waals surface area contributed by atoms with Gasteiger partial charge in [-0.1, -0.05) is 29.3 Å². The van der Waals surface area contributed by atoms with Crippen LogP contribution in [0.2, 0.25) is 5.02 Å². The summed E-state index contributed by atoms with van der Waals surface area (Å²) in [5.41, 5.74) is 1.04. The molecule has 1 aliphatic heterocycles. The number of halogens is 2. The lowest BCUT2D eigenvalue weighted by molar-refractivity contribution is 0.0443. The van der Waals surface area contributed by atoms with Crippen molar-refractivity contribution >= 4 is 17.5 Å². The van der Waals surface area contributed by atoms with E-state index in [0.29, 0.717) is 29.7 Å². The van der Waals surface area contributed by atoms with Gasteiger partial charge in [0.15, 0.2) is 5.69 Å². The molecule has 4 rings (SSSR count). The minimum atomic E-state index is -0.385. The maximum Gasteiger partial charge on any atom is 0.276 e. The Morgan fingerprint density at radius 1 is 1.29 bits per heavy atom. The summed E-state index contributed by atoms with van der Waals surface area (Å²) in [5.74, 6) is 0.0706. The number of aromatic nitrogens is 3. The molecule has 1 aromatic heterocycles. The standard InChI is InChI=1S/C20H24ClFN4O2/c21-18-9-16(22)7-6-15(18)11-26-13-19(23-24-26)20(27)25(10-14-3-1-4-14)12-17-5-2-8-28-17/h6-7,9,13-14,17H,1-5,8,10-12H2. The number of benzene rings is 1. The number of rotatable bonds is 7. The Hall–Kier alpha value is -1.99. The quantitative estimate of drug-likeness (QED) is 0.705. The van der Waals surface area contributed by atoms with E-state index in [1.54, 1.807) is 16.9 Å². The van der Waals surface area contributed by atoms with Gasteiger partial charge in [0.05, 0.1) is 18.8 Å². The summed E-state index contributed by atoms with van der Waals surface area (Å²) in [6, 6.07) is 4.23. The topological polar surface area (TPSA) is 60.2 Å². The number of hydrogen-bond acceptors (Lipinski definition) is 4. The molecule has 2 heterocycles. The minimum absolute atomic E-state index is 0.108. The number of ether oxygens (including phenoxy) is 1. The SMILES string of the molecule is O=C(c1cn(Cc2ccc(F)cc2Cl)nn1)N(CC1CCC1)CC1CCCO1. The van der Waals surface area contributed by atoms with Gasteiger partial charge in [-0.05, 0) is 49.3 Å². The molecule has 1 amide bonds. The molecular formula is C20H24ClFN4O2. The van der Waals surface area contributed by atoms with Crippen molar-refractivity contribution in [1.82, 2.24) is 19.9 Å². The third-order valence-electron chi connectivity index (χ3n) is 5.54. The molecule has 1 saturated heterocycles. The van der Waals surface area contributed by atoms with Crippen molar-refractivity contribution in [3.8, 4) is 0 Å². The van der Waals surface area contributed by atoms with Crippen molar-refractivity contribution in [3.05, 3.63) is 46.5 Å². The van der Waals surface area contributed by atoms with E-state index in [1.165, 1.54) is 31.4 Å². The van der Waals surface area contributed by atoms with E-state index in [0.717, 1.165) is 31.6 Å². The Kier molecular flexibility index (Phi) is 5.92. The summed E-state index contributed by atoms with van der Waals surface area (Å²) in [6.45, 7) is 2.44. The number of nitrogens with zero attached hydrogens (tertiary/aromatic N) is 4. The highest BCUT2D eigenvalue weighted by molar-refractivity contribution is 6.31. The van der Waals surface area contributed by atoms with Gasteiger partial charge in [-0.15, -0.1) is 5.10 Å². The second-order valence-corrected chi connectivity index (χ2v) is 8.09. The van der Waals surface area contributed by atoms with E-state index < -0.39 is 0 Å². The summed E-state index contributed by atoms with van der Waals surface area (Å²) < 4.78 is 20.5. The Balaban J connectivity index is 1.45. The molecule has 1 atom stereocenters. The third kappa shape index (κ3) is 4.52. The highest BCUT2D eigenvalue weighted by Gasteiger charge is 2.29. The van der Waals surface area contributed by atoms with E-state index >= 15 is 0 Å². The number of carbonyl (C=O) groups excluding carboxylic acids is 1. The normalized spacial score (nSPS) is 19.6. The first kappa shape index (κ1) is 19.3. The zero-order valence-electron chi connectivity index (χ0n) is 15.7. The maximum atomic E-state index is 13.2. The summed E-state index contributed by atoms with van der Waals surface area (Å²) in [6.07, 6.45) is 7.36. The number of amides is 1. The van der Waals surface area contributed by atoms with Crippen molar-refractivity contribution in [1.29, 1.82) is 0 Å². The number of hydrogen-bond donors (Lipinski definition) is 0. The van der Waals surface area contributed by atoms with Gasteiger partial charge in [0, 0.05) is 24.7 Å². The smallest absolute Gasteiger partial charge is 0.276 e. The van der Waals surface area contributed by atoms with Gasteiger partial charge in [-0.25, -0.2) is 9.07 Å². The van der Waals surface area contributed by atoms with Gasteiger partial charge in [0.1, 0.15) is 5.82 Å². The second kappa shape index (κ2) is 8.57. The lowest BCUT2D eigenvalue weighted by Crippen LogP contribution is -2.42. The summed E-state index contributed by atoms with van der Waals surface area (Å²) in [4.78, 5) is 14.9. The minimum Gasteiger partial charge on any atom is -0.376 e. The van der Waals surface area contributed by atoms with Gasteiger partial charge < -0.3 is 9.64 Å². The lowest BCUT2D eigenvalue weighted by atomic mass is 9.85. The Bertz CT molecular complexity index is 833. The first-order chi connectivity index (χ1) is 13.6. The molecule has 28 heavy (non-hydrogen) atoms. The van der Waals surface area contributed by atoms with Crippen LogP contribution >= 0.6 is 11.6 Å². The van der Waals surface area contributed by atoms with Crippen molar-refractivity contribution in [2.75, 3.05) is 19.7 Å². The first-order valence-electron chi connectivity index (χ1n) is 9.83. The van der Waals surface area contributed by atoms with Gasteiger partial charge in [0.2, 0.25) is 0 Å². The van der Waals surface area contributed by atoms with E-state index in [1.807, 2.05) is 4.90 Å². The summed E-state index contributed by atoms with van der Waals surface area (Å²) in [7, 11) is 0. The van der Waals surface area contributed by atoms with E-state index in [2.05, 4.69) is 10.3 Å². The van der Waals surface area contributed by atoms with Crippen molar-refractivity contribution in [3.63, 3.8) is 0 Å². The van der Waals surface area contributed by atoms with Crippen LogP contribution < -0.4 is 0 Å². The molecule has 0 radical (unpaired) electrons. The molecule has 0 bridgehead atoms. The van der Waals surface area contributed by atoms with E-state index in [-0.39, 0.29) is 17.8 Å². The van der Waals surface area contributed by atoms with Crippen LogP contribution in [0.5, 0.6) is 0 Å². The lowest BCUT2D eigenvalue weighted by Gasteiger charge is -2.33. The maximum absolute atomic E-state index is 13.2. The van der Waals surface area contributed by atoms with Crippen LogP contribution in [0.1, 0.15) is 48.2 Å². The van der Waals surface area contributed by atoms with Crippen LogP contribution in [0.25, 0.3) is 0 Å². The molecule has 1 aromatic carbocycles. The van der Waals surface area contributed by atoms with Crippen molar-refractivity contribution < 1.29 is 13.9 Å². The van der Waals surface area contributed by atoms with Crippen LogP contribution in [-0.4, -0.2) is 51.6 Å². The molecular weight excluding hydrogens is 383 g/mol. The van der Waals surface area contributed by atoms with Gasteiger partial charge >= 0.3 is 0 Å². The van der Waals surface area contributed by atoms with Gasteiger partial charge in [-0.3, -0.25) is 4.79 Å². The first-order valence-corrected chi connectivity index (χ1v) is 10.2. The largest absolute Gasteiger partial charge is 0.376 e. The molecule has 8 heteroatoms. The summed E-state index contributed by atoms with van der Waals surface area (Å²) >= 11 is 6.08. The molecule has 6 nitrogen and oxygen atoms in total. The number of carbonyl (C=O) groups is 1. The fraction of sp³-hybridized carbons (Fsp3) is 0.550. The van der Waals surface area contributed by atoms with E-state index in [9.17, 15) is 9.18 Å². The predicted molar refractivity (Wildman–Crippen MR) is 103 cm³/mol.